The van der Waals surface area contributed by atoms with Crippen molar-refractivity contribution in [2.24, 2.45) is 0 Å². The highest BCUT2D eigenvalue weighted by molar-refractivity contribution is 7.16. The van der Waals surface area contributed by atoms with Gasteiger partial charge < -0.3 is 10.1 Å². The van der Waals surface area contributed by atoms with Crippen LogP contribution in [0.1, 0.15) is 19.0 Å². The highest BCUT2D eigenvalue weighted by Crippen LogP contribution is 2.31. The molecule has 1 aliphatic heterocycles. The summed E-state index contributed by atoms with van der Waals surface area (Å²) in [6.07, 6.45) is 2.97. The van der Waals surface area contributed by atoms with E-state index >= 15 is 0 Å². The van der Waals surface area contributed by atoms with Gasteiger partial charge in [-0.1, -0.05) is 6.08 Å². The molecule has 1 N–H and O–H groups in total. The van der Waals surface area contributed by atoms with Gasteiger partial charge in [0.05, 0.1) is 18.9 Å². The molecule has 1 aromatic carbocycles. The minimum absolute atomic E-state index is 0.0854. The van der Waals surface area contributed by atoms with Crippen LogP contribution in [0, 0.1) is 0 Å². The quantitative estimate of drug-likeness (QED) is 0.771. The normalized spacial score (nSPS) is 14.4. The molecular weight excluding hydrogens is 334 g/mol. The van der Waals surface area contributed by atoms with Crippen LogP contribution in [0.15, 0.2) is 41.8 Å². The van der Waals surface area contributed by atoms with Gasteiger partial charge in [-0.3, -0.25) is 4.79 Å². The van der Waals surface area contributed by atoms with E-state index in [0.717, 1.165) is 40.2 Å². The lowest BCUT2D eigenvalue weighted by Crippen LogP contribution is -2.06. The molecular formula is C19H17N3O2S. The summed E-state index contributed by atoms with van der Waals surface area (Å²) in [5, 5.41) is 5.91. The van der Waals surface area contributed by atoms with Crippen molar-refractivity contribution in [2.45, 2.75) is 13.3 Å². The number of nitrogens with one attached hydrogen (secondary N) is 1. The Morgan fingerprint density at radius 3 is 2.76 bits per heavy atom. The lowest BCUT2D eigenvalue weighted by atomic mass is 10.0. The summed E-state index contributed by atoms with van der Waals surface area (Å²) in [6, 6.07) is 9.68. The third-order valence-corrected chi connectivity index (χ3v) is 4.86. The zero-order valence-corrected chi connectivity index (χ0v) is 14.6. The van der Waals surface area contributed by atoms with Crippen molar-refractivity contribution < 1.29 is 9.53 Å². The van der Waals surface area contributed by atoms with Crippen molar-refractivity contribution in [3.8, 4) is 11.4 Å². The maximum absolute atomic E-state index is 11.2. The first-order valence-corrected chi connectivity index (χ1v) is 8.99. The molecule has 0 spiro atoms. The Morgan fingerprint density at radius 1 is 1.20 bits per heavy atom. The Hall–Kier alpha value is -2.57. The molecule has 0 fully saturated rings. The van der Waals surface area contributed by atoms with Crippen LogP contribution in [0.4, 0.5) is 5.69 Å². The number of carbonyl (C=O) groups is 1. The second-order valence-electron chi connectivity index (χ2n) is 5.85. The number of amides is 1. The highest BCUT2D eigenvalue weighted by atomic mass is 32.1. The smallest absolute Gasteiger partial charge is 0.221 e. The predicted molar refractivity (Wildman–Crippen MR) is 101 cm³/mol. The molecule has 1 aliphatic rings. The van der Waals surface area contributed by atoms with Crippen molar-refractivity contribution in [3.05, 3.63) is 47.5 Å². The number of hydrogen-bond donors (Lipinski definition) is 1. The first-order valence-electron chi connectivity index (χ1n) is 8.11. The van der Waals surface area contributed by atoms with Crippen molar-refractivity contribution in [1.29, 1.82) is 0 Å². The van der Waals surface area contributed by atoms with E-state index < -0.39 is 0 Å². The van der Waals surface area contributed by atoms with Crippen LogP contribution >= 0.6 is 11.3 Å². The summed E-state index contributed by atoms with van der Waals surface area (Å²) in [4.78, 5) is 21.7. The average molecular weight is 351 g/mol. The molecule has 25 heavy (non-hydrogen) atoms. The molecule has 6 heteroatoms. The summed E-state index contributed by atoms with van der Waals surface area (Å²) in [7, 11) is 0. The van der Waals surface area contributed by atoms with Gasteiger partial charge in [-0.15, -0.1) is 11.3 Å². The molecule has 5 nitrogen and oxygen atoms in total. The molecule has 1 amide bonds. The van der Waals surface area contributed by atoms with Gasteiger partial charge in [-0.2, -0.15) is 0 Å². The van der Waals surface area contributed by atoms with Gasteiger partial charge in [0.1, 0.15) is 4.83 Å². The van der Waals surface area contributed by atoms with Crippen LogP contribution in [0.5, 0.6) is 0 Å². The van der Waals surface area contributed by atoms with E-state index in [1.54, 1.807) is 11.3 Å². The minimum Gasteiger partial charge on any atom is -0.377 e. The number of hydrogen-bond acceptors (Lipinski definition) is 5. The number of aromatic nitrogens is 2. The summed E-state index contributed by atoms with van der Waals surface area (Å²) in [5.41, 5.74) is 3.91. The van der Waals surface area contributed by atoms with E-state index in [-0.39, 0.29) is 5.91 Å². The lowest BCUT2D eigenvalue weighted by molar-refractivity contribution is -0.114. The second kappa shape index (κ2) is 6.74. The van der Waals surface area contributed by atoms with E-state index in [4.69, 9.17) is 14.7 Å². The molecule has 2 aromatic heterocycles. The number of benzene rings is 1. The summed E-state index contributed by atoms with van der Waals surface area (Å²) in [5.74, 6) is 0.615. The Balaban J connectivity index is 1.77. The van der Waals surface area contributed by atoms with Crippen LogP contribution < -0.4 is 5.32 Å². The maximum Gasteiger partial charge on any atom is 0.221 e. The molecule has 0 aliphatic carbocycles. The molecule has 0 unspecified atom stereocenters. The van der Waals surface area contributed by atoms with Crippen LogP contribution in [0.2, 0.25) is 0 Å². The molecule has 0 radical (unpaired) electrons. The van der Waals surface area contributed by atoms with E-state index in [1.165, 1.54) is 12.5 Å². The Bertz CT molecular complexity index is 960. The molecule has 126 valence electrons. The summed E-state index contributed by atoms with van der Waals surface area (Å²) >= 11 is 1.62. The topological polar surface area (TPSA) is 64.1 Å². The van der Waals surface area contributed by atoms with Gasteiger partial charge >= 0.3 is 0 Å². The monoisotopic (exact) mass is 351 g/mol. The number of ether oxygens (including phenoxy) is 1. The van der Waals surface area contributed by atoms with Crippen molar-refractivity contribution >= 4 is 38.7 Å². The SMILES string of the molecule is CC(=O)Nc1ccc(-c2nc(C3=CCOCC3)c3ccsc3n2)cc1. The first-order chi connectivity index (χ1) is 12.2. The fraction of sp³-hybridized carbons (Fsp3) is 0.211. The molecule has 4 rings (SSSR count). The van der Waals surface area contributed by atoms with Gasteiger partial charge in [0.25, 0.3) is 0 Å². The van der Waals surface area contributed by atoms with Gasteiger partial charge in [-0.25, -0.2) is 9.97 Å². The van der Waals surface area contributed by atoms with Crippen LogP contribution in [-0.4, -0.2) is 29.1 Å². The zero-order valence-electron chi connectivity index (χ0n) is 13.8. The van der Waals surface area contributed by atoms with Gasteiger partial charge in [0.2, 0.25) is 5.91 Å². The lowest BCUT2D eigenvalue weighted by Gasteiger charge is -2.14. The standard InChI is InChI=1S/C19H17N3O2S/c1-12(23)20-15-4-2-14(3-5-15)18-21-17(13-6-9-24-10-7-13)16-8-11-25-19(16)22-18/h2-6,8,11H,7,9-10H2,1H3,(H,20,23). The Morgan fingerprint density at radius 2 is 2.04 bits per heavy atom. The highest BCUT2D eigenvalue weighted by Gasteiger charge is 2.15. The molecule has 0 bridgehead atoms. The molecule has 3 aromatic rings. The van der Waals surface area contributed by atoms with Crippen LogP contribution in [-0.2, 0) is 9.53 Å². The number of nitrogens with zero attached hydrogens (tertiary/aromatic N) is 2. The van der Waals surface area contributed by atoms with Crippen molar-refractivity contribution in [1.82, 2.24) is 9.97 Å². The first kappa shape index (κ1) is 15.9. The van der Waals surface area contributed by atoms with Crippen LogP contribution in [0.3, 0.4) is 0 Å². The zero-order chi connectivity index (χ0) is 17.2. The molecule has 0 atom stereocenters. The molecule has 0 saturated carbocycles. The molecule has 0 saturated heterocycles. The van der Waals surface area contributed by atoms with E-state index in [9.17, 15) is 4.79 Å². The van der Waals surface area contributed by atoms with E-state index in [2.05, 4.69) is 17.5 Å². The minimum atomic E-state index is -0.0854. The molecule has 3 heterocycles. The third-order valence-electron chi connectivity index (χ3n) is 4.06. The maximum atomic E-state index is 11.2. The second-order valence-corrected chi connectivity index (χ2v) is 6.74. The number of rotatable bonds is 3. The average Bonchev–Trinajstić information content (AvgIpc) is 3.10. The number of fused-ring (bicyclic) bond motifs is 1. The fourth-order valence-corrected chi connectivity index (χ4v) is 3.64. The van der Waals surface area contributed by atoms with Gasteiger partial charge in [-0.05, 0) is 47.7 Å². The Labute approximate surface area is 149 Å². The number of thiophene rings is 1. The predicted octanol–water partition coefficient (Wildman–Crippen LogP) is 4.12. The van der Waals surface area contributed by atoms with Gasteiger partial charge in [0.15, 0.2) is 5.82 Å². The fourth-order valence-electron chi connectivity index (χ4n) is 2.88. The number of carbonyl (C=O) groups excluding carboxylic acids is 1. The van der Waals surface area contributed by atoms with Crippen molar-refractivity contribution in [3.63, 3.8) is 0 Å². The Kier molecular flexibility index (Phi) is 4.29. The van der Waals surface area contributed by atoms with Crippen molar-refractivity contribution in [2.75, 3.05) is 18.5 Å². The summed E-state index contributed by atoms with van der Waals surface area (Å²) < 4.78 is 5.42. The summed E-state index contributed by atoms with van der Waals surface area (Å²) in [6.45, 7) is 2.85. The third kappa shape index (κ3) is 3.31. The van der Waals surface area contributed by atoms with Gasteiger partial charge in [0, 0.05) is 23.6 Å². The van der Waals surface area contributed by atoms with E-state index in [0.29, 0.717) is 12.4 Å². The number of anilines is 1. The largest absolute Gasteiger partial charge is 0.377 e. The van der Waals surface area contributed by atoms with E-state index in [1.807, 2.05) is 29.6 Å². The van der Waals surface area contributed by atoms with Crippen LogP contribution in [0.25, 0.3) is 27.2 Å².